The number of rotatable bonds is 7. The van der Waals surface area contributed by atoms with Crippen LogP contribution >= 0.6 is 0 Å². The summed E-state index contributed by atoms with van der Waals surface area (Å²) in [5, 5.41) is 2.79. The molecular weight excluding hydrogens is 292 g/mol. The fourth-order valence-corrected chi connectivity index (χ4v) is 1.99. The van der Waals surface area contributed by atoms with Gasteiger partial charge in [-0.25, -0.2) is 4.98 Å². The standard InChI is InChI=1S/C18H22N2O3/c1-13(2)15-5-7-16(8-6-15)23-12-17(21)19-10-14-4-9-18(22-3)20-11-14/h4-9,11,13H,10,12H2,1-3H3,(H,19,21). The van der Waals surface area contributed by atoms with Crippen LogP contribution < -0.4 is 14.8 Å². The van der Waals surface area contributed by atoms with Gasteiger partial charge in [0.25, 0.3) is 5.91 Å². The van der Waals surface area contributed by atoms with Gasteiger partial charge in [-0.3, -0.25) is 4.79 Å². The molecule has 0 bridgehead atoms. The summed E-state index contributed by atoms with van der Waals surface area (Å²) in [6.07, 6.45) is 1.67. The van der Waals surface area contributed by atoms with Crippen LogP contribution in [0.3, 0.4) is 0 Å². The van der Waals surface area contributed by atoms with Crippen molar-refractivity contribution in [1.29, 1.82) is 0 Å². The third-order valence-corrected chi connectivity index (χ3v) is 3.41. The lowest BCUT2D eigenvalue weighted by atomic mass is 10.0. The molecule has 0 saturated carbocycles. The maximum absolute atomic E-state index is 11.8. The topological polar surface area (TPSA) is 60.5 Å². The fourth-order valence-electron chi connectivity index (χ4n) is 1.99. The van der Waals surface area contributed by atoms with Crippen molar-refractivity contribution in [2.24, 2.45) is 0 Å². The molecular formula is C18H22N2O3. The molecule has 23 heavy (non-hydrogen) atoms. The first-order valence-electron chi connectivity index (χ1n) is 7.57. The number of carbonyl (C=O) groups is 1. The second kappa shape index (κ2) is 8.17. The number of hydrogen-bond acceptors (Lipinski definition) is 4. The number of nitrogens with one attached hydrogen (secondary N) is 1. The fraction of sp³-hybridized carbons (Fsp3) is 0.333. The third kappa shape index (κ3) is 5.29. The smallest absolute Gasteiger partial charge is 0.258 e. The highest BCUT2D eigenvalue weighted by atomic mass is 16.5. The van der Waals surface area contributed by atoms with E-state index < -0.39 is 0 Å². The Morgan fingerprint density at radius 1 is 1.17 bits per heavy atom. The summed E-state index contributed by atoms with van der Waals surface area (Å²) in [7, 11) is 1.56. The molecule has 5 nitrogen and oxygen atoms in total. The van der Waals surface area contributed by atoms with E-state index in [1.165, 1.54) is 5.56 Å². The second-order valence-corrected chi connectivity index (χ2v) is 5.50. The Kier molecular flexibility index (Phi) is 5.97. The van der Waals surface area contributed by atoms with Gasteiger partial charge < -0.3 is 14.8 Å². The minimum absolute atomic E-state index is 0.00932. The van der Waals surface area contributed by atoms with Gasteiger partial charge in [0.15, 0.2) is 6.61 Å². The number of benzene rings is 1. The van der Waals surface area contributed by atoms with Crippen LogP contribution in [0.5, 0.6) is 11.6 Å². The lowest BCUT2D eigenvalue weighted by Crippen LogP contribution is -2.28. The van der Waals surface area contributed by atoms with Gasteiger partial charge in [0.1, 0.15) is 5.75 Å². The van der Waals surface area contributed by atoms with Crippen molar-refractivity contribution in [3.63, 3.8) is 0 Å². The lowest BCUT2D eigenvalue weighted by Gasteiger charge is -2.09. The zero-order valence-corrected chi connectivity index (χ0v) is 13.7. The number of carbonyl (C=O) groups excluding carboxylic acids is 1. The van der Waals surface area contributed by atoms with E-state index in [-0.39, 0.29) is 12.5 Å². The van der Waals surface area contributed by atoms with Crippen LogP contribution in [0, 0.1) is 0 Å². The van der Waals surface area contributed by atoms with Gasteiger partial charge in [-0.05, 0) is 29.2 Å². The first kappa shape index (κ1) is 16.8. The summed E-state index contributed by atoms with van der Waals surface area (Å²) in [4.78, 5) is 15.9. The van der Waals surface area contributed by atoms with E-state index in [9.17, 15) is 4.79 Å². The van der Waals surface area contributed by atoms with Gasteiger partial charge in [0.05, 0.1) is 7.11 Å². The number of amides is 1. The van der Waals surface area contributed by atoms with E-state index in [1.54, 1.807) is 19.4 Å². The Morgan fingerprint density at radius 2 is 1.91 bits per heavy atom. The van der Waals surface area contributed by atoms with Crippen LogP contribution in [0.2, 0.25) is 0 Å². The van der Waals surface area contributed by atoms with Gasteiger partial charge in [-0.1, -0.05) is 32.0 Å². The van der Waals surface area contributed by atoms with Crippen LogP contribution in [-0.2, 0) is 11.3 Å². The summed E-state index contributed by atoms with van der Waals surface area (Å²) in [6.45, 7) is 4.67. The molecule has 5 heteroatoms. The number of methoxy groups -OCH3 is 1. The van der Waals surface area contributed by atoms with Crippen molar-refractivity contribution in [2.75, 3.05) is 13.7 Å². The normalized spacial score (nSPS) is 10.4. The summed E-state index contributed by atoms with van der Waals surface area (Å²) >= 11 is 0. The lowest BCUT2D eigenvalue weighted by molar-refractivity contribution is -0.123. The molecule has 2 aromatic rings. The molecule has 0 aliphatic heterocycles. The Bertz CT molecular complexity index is 622. The molecule has 1 heterocycles. The number of hydrogen-bond donors (Lipinski definition) is 1. The van der Waals surface area contributed by atoms with Gasteiger partial charge in [-0.2, -0.15) is 0 Å². The molecule has 0 radical (unpaired) electrons. The molecule has 1 amide bonds. The molecule has 0 spiro atoms. The molecule has 2 rings (SSSR count). The van der Waals surface area contributed by atoms with Crippen molar-refractivity contribution < 1.29 is 14.3 Å². The molecule has 1 N–H and O–H groups in total. The van der Waals surface area contributed by atoms with E-state index in [1.807, 2.05) is 30.3 Å². The molecule has 0 aliphatic rings. The van der Waals surface area contributed by atoms with E-state index in [0.29, 0.717) is 24.1 Å². The molecule has 0 fully saturated rings. The van der Waals surface area contributed by atoms with Crippen LogP contribution in [0.4, 0.5) is 0 Å². The van der Waals surface area contributed by atoms with Gasteiger partial charge >= 0.3 is 0 Å². The molecule has 122 valence electrons. The van der Waals surface area contributed by atoms with Crippen LogP contribution in [0.25, 0.3) is 0 Å². The SMILES string of the molecule is COc1ccc(CNC(=O)COc2ccc(C(C)C)cc2)cn1. The maximum atomic E-state index is 11.8. The molecule has 0 atom stereocenters. The highest BCUT2D eigenvalue weighted by Gasteiger charge is 2.04. The summed E-state index contributed by atoms with van der Waals surface area (Å²) < 4.78 is 10.5. The minimum atomic E-state index is -0.172. The molecule has 0 unspecified atom stereocenters. The summed E-state index contributed by atoms with van der Waals surface area (Å²) in [5.41, 5.74) is 2.15. The second-order valence-electron chi connectivity index (χ2n) is 5.50. The zero-order valence-electron chi connectivity index (χ0n) is 13.7. The minimum Gasteiger partial charge on any atom is -0.484 e. The largest absolute Gasteiger partial charge is 0.484 e. The monoisotopic (exact) mass is 314 g/mol. The first-order chi connectivity index (χ1) is 11.1. The van der Waals surface area contributed by atoms with E-state index in [4.69, 9.17) is 9.47 Å². The Morgan fingerprint density at radius 3 is 2.48 bits per heavy atom. The molecule has 0 aliphatic carbocycles. The number of aromatic nitrogens is 1. The Hall–Kier alpha value is -2.56. The third-order valence-electron chi connectivity index (χ3n) is 3.41. The van der Waals surface area contributed by atoms with Gasteiger partial charge in [0.2, 0.25) is 5.88 Å². The van der Waals surface area contributed by atoms with Crippen molar-refractivity contribution in [3.8, 4) is 11.6 Å². The van der Waals surface area contributed by atoms with Crippen LogP contribution in [-0.4, -0.2) is 24.6 Å². The van der Waals surface area contributed by atoms with Gasteiger partial charge in [0, 0.05) is 18.8 Å². The van der Waals surface area contributed by atoms with Crippen molar-refractivity contribution in [1.82, 2.24) is 10.3 Å². The predicted octanol–water partition coefficient (Wildman–Crippen LogP) is 2.91. The van der Waals surface area contributed by atoms with Crippen molar-refractivity contribution >= 4 is 5.91 Å². The summed E-state index contributed by atoms with van der Waals surface area (Å²) in [5.74, 6) is 1.54. The number of nitrogens with zero attached hydrogens (tertiary/aromatic N) is 1. The van der Waals surface area contributed by atoms with Crippen molar-refractivity contribution in [3.05, 3.63) is 53.7 Å². The first-order valence-corrected chi connectivity index (χ1v) is 7.57. The molecule has 0 saturated heterocycles. The zero-order chi connectivity index (χ0) is 16.7. The van der Waals surface area contributed by atoms with E-state index in [2.05, 4.69) is 24.1 Å². The summed E-state index contributed by atoms with van der Waals surface area (Å²) in [6, 6.07) is 11.4. The molecule has 1 aromatic heterocycles. The predicted molar refractivity (Wildman–Crippen MR) is 88.7 cm³/mol. The Labute approximate surface area is 136 Å². The van der Waals surface area contributed by atoms with Crippen molar-refractivity contribution in [2.45, 2.75) is 26.3 Å². The average molecular weight is 314 g/mol. The quantitative estimate of drug-likeness (QED) is 0.853. The molecule has 1 aromatic carbocycles. The Balaban J connectivity index is 1.76. The maximum Gasteiger partial charge on any atom is 0.258 e. The van der Waals surface area contributed by atoms with E-state index in [0.717, 1.165) is 5.56 Å². The highest BCUT2D eigenvalue weighted by Crippen LogP contribution is 2.18. The van der Waals surface area contributed by atoms with Gasteiger partial charge in [-0.15, -0.1) is 0 Å². The van der Waals surface area contributed by atoms with Crippen LogP contribution in [0.15, 0.2) is 42.6 Å². The number of pyridine rings is 1. The van der Waals surface area contributed by atoms with Crippen LogP contribution in [0.1, 0.15) is 30.9 Å². The highest BCUT2D eigenvalue weighted by molar-refractivity contribution is 5.77. The van der Waals surface area contributed by atoms with E-state index >= 15 is 0 Å². The average Bonchev–Trinajstić information content (AvgIpc) is 2.59. The number of ether oxygens (including phenoxy) is 2.